The van der Waals surface area contributed by atoms with Gasteiger partial charge in [0.2, 0.25) is 0 Å². The van der Waals surface area contributed by atoms with Crippen LogP contribution in [0.25, 0.3) is 0 Å². The van der Waals surface area contributed by atoms with Gasteiger partial charge in [-0.3, -0.25) is 0 Å². The molecule has 2 rings (SSSR count). The Morgan fingerprint density at radius 3 is 2.87 bits per heavy atom. The van der Waals surface area contributed by atoms with Gasteiger partial charge in [-0.1, -0.05) is 5.57 Å². The third-order valence-corrected chi connectivity index (χ3v) is 3.32. The van der Waals surface area contributed by atoms with Crippen LogP contribution in [-0.4, -0.2) is 24.8 Å². The highest BCUT2D eigenvalue weighted by molar-refractivity contribution is 5.82. The molecule has 3 heteroatoms. The summed E-state index contributed by atoms with van der Waals surface area (Å²) >= 11 is 0. The van der Waals surface area contributed by atoms with E-state index in [1.54, 1.807) is 6.08 Å². The Morgan fingerprint density at radius 1 is 1.53 bits per heavy atom. The van der Waals surface area contributed by atoms with E-state index >= 15 is 0 Å². The molecule has 0 saturated carbocycles. The first-order valence-corrected chi connectivity index (χ1v) is 5.71. The molecule has 2 aliphatic rings. The normalized spacial score (nSPS) is 34.5. The minimum absolute atomic E-state index is 0.224. The van der Waals surface area contributed by atoms with Crippen molar-refractivity contribution < 1.29 is 14.3 Å². The number of esters is 1. The standard InChI is InChI=1S/C12H18O3/c1-3-14-12(13)6-8(2)10-7-9-4-5-11(10)15-9/h6,9-11H,3-5,7H2,1-2H3/b8-6-. The predicted molar refractivity (Wildman–Crippen MR) is 56.4 cm³/mol. The van der Waals surface area contributed by atoms with Crippen LogP contribution in [0.4, 0.5) is 0 Å². The van der Waals surface area contributed by atoms with Gasteiger partial charge in [0.15, 0.2) is 0 Å². The van der Waals surface area contributed by atoms with Gasteiger partial charge in [-0.2, -0.15) is 0 Å². The van der Waals surface area contributed by atoms with Gasteiger partial charge >= 0.3 is 5.97 Å². The van der Waals surface area contributed by atoms with E-state index in [-0.39, 0.29) is 5.97 Å². The van der Waals surface area contributed by atoms with Gasteiger partial charge in [-0.25, -0.2) is 4.79 Å². The number of fused-ring (bicyclic) bond motifs is 2. The quantitative estimate of drug-likeness (QED) is 0.528. The van der Waals surface area contributed by atoms with Gasteiger partial charge < -0.3 is 9.47 Å². The summed E-state index contributed by atoms with van der Waals surface area (Å²) in [5.74, 6) is 0.214. The molecule has 3 atom stereocenters. The van der Waals surface area contributed by atoms with Crippen LogP contribution in [0.2, 0.25) is 0 Å². The third-order valence-electron chi connectivity index (χ3n) is 3.32. The van der Waals surface area contributed by atoms with Crippen molar-refractivity contribution in [2.45, 2.75) is 45.3 Å². The zero-order valence-electron chi connectivity index (χ0n) is 9.36. The average molecular weight is 210 g/mol. The lowest BCUT2D eigenvalue weighted by Gasteiger charge is -2.18. The molecule has 2 heterocycles. The van der Waals surface area contributed by atoms with Crippen molar-refractivity contribution in [3.63, 3.8) is 0 Å². The fourth-order valence-electron chi connectivity index (χ4n) is 2.59. The molecule has 3 unspecified atom stereocenters. The Balaban J connectivity index is 1.96. The van der Waals surface area contributed by atoms with Crippen LogP contribution in [0.15, 0.2) is 11.6 Å². The van der Waals surface area contributed by atoms with Gasteiger partial charge in [-0.05, 0) is 33.1 Å². The van der Waals surface area contributed by atoms with E-state index < -0.39 is 0 Å². The van der Waals surface area contributed by atoms with Crippen molar-refractivity contribution in [2.24, 2.45) is 5.92 Å². The number of carbonyl (C=O) groups is 1. The summed E-state index contributed by atoms with van der Waals surface area (Å²) in [5.41, 5.74) is 1.11. The molecule has 0 aromatic carbocycles. The first-order chi connectivity index (χ1) is 7.20. The number of carbonyl (C=O) groups excluding carboxylic acids is 1. The molecule has 0 N–H and O–H groups in total. The van der Waals surface area contributed by atoms with Gasteiger partial charge in [0.05, 0.1) is 18.8 Å². The SMILES string of the molecule is CCOC(=O)/C=C(/C)C1CC2CCC1O2. The summed E-state index contributed by atoms with van der Waals surface area (Å²) in [7, 11) is 0. The maximum atomic E-state index is 11.3. The van der Waals surface area contributed by atoms with E-state index in [0.29, 0.717) is 24.7 Å². The van der Waals surface area contributed by atoms with Crippen molar-refractivity contribution in [1.82, 2.24) is 0 Å². The van der Waals surface area contributed by atoms with E-state index in [4.69, 9.17) is 9.47 Å². The molecule has 2 bridgehead atoms. The summed E-state index contributed by atoms with van der Waals surface area (Å²) in [6, 6.07) is 0. The van der Waals surface area contributed by atoms with Crippen LogP contribution in [0, 0.1) is 5.92 Å². The number of hydrogen-bond acceptors (Lipinski definition) is 3. The fourth-order valence-corrected chi connectivity index (χ4v) is 2.59. The van der Waals surface area contributed by atoms with Crippen molar-refractivity contribution in [1.29, 1.82) is 0 Å². The van der Waals surface area contributed by atoms with Crippen molar-refractivity contribution in [3.05, 3.63) is 11.6 Å². The Bertz CT molecular complexity index is 283. The van der Waals surface area contributed by atoms with Crippen LogP contribution in [-0.2, 0) is 14.3 Å². The highest BCUT2D eigenvalue weighted by Crippen LogP contribution is 2.42. The first-order valence-electron chi connectivity index (χ1n) is 5.71. The van der Waals surface area contributed by atoms with E-state index in [0.717, 1.165) is 18.4 Å². The molecule has 2 aliphatic heterocycles. The summed E-state index contributed by atoms with van der Waals surface area (Å²) in [6.07, 6.45) is 5.81. The third kappa shape index (κ3) is 2.23. The number of rotatable bonds is 3. The second-order valence-electron chi connectivity index (χ2n) is 4.36. The smallest absolute Gasteiger partial charge is 0.330 e. The van der Waals surface area contributed by atoms with Crippen LogP contribution < -0.4 is 0 Å². The number of hydrogen-bond donors (Lipinski definition) is 0. The van der Waals surface area contributed by atoms with Crippen LogP contribution in [0.5, 0.6) is 0 Å². The fraction of sp³-hybridized carbons (Fsp3) is 0.750. The van der Waals surface area contributed by atoms with Gasteiger partial charge in [0.25, 0.3) is 0 Å². The molecule has 2 fully saturated rings. The largest absolute Gasteiger partial charge is 0.463 e. The van der Waals surface area contributed by atoms with Crippen molar-refractivity contribution in [3.8, 4) is 0 Å². The number of ether oxygens (including phenoxy) is 2. The van der Waals surface area contributed by atoms with Crippen LogP contribution in [0.1, 0.15) is 33.1 Å². The maximum absolute atomic E-state index is 11.3. The molecular formula is C12H18O3. The predicted octanol–water partition coefficient (Wildman–Crippen LogP) is 2.06. The van der Waals surface area contributed by atoms with Crippen molar-refractivity contribution >= 4 is 5.97 Å². The zero-order chi connectivity index (χ0) is 10.8. The molecule has 0 aromatic heterocycles. The second-order valence-corrected chi connectivity index (χ2v) is 4.36. The Morgan fingerprint density at radius 2 is 2.33 bits per heavy atom. The topological polar surface area (TPSA) is 35.5 Å². The van der Waals surface area contributed by atoms with E-state index in [1.165, 1.54) is 6.42 Å². The second kappa shape index (κ2) is 4.35. The van der Waals surface area contributed by atoms with E-state index in [2.05, 4.69) is 0 Å². The molecule has 0 amide bonds. The molecule has 15 heavy (non-hydrogen) atoms. The highest BCUT2D eigenvalue weighted by Gasteiger charge is 2.41. The summed E-state index contributed by atoms with van der Waals surface area (Å²) < 4.78 is 10.7. The maximum Gasteiger partial charge on any atom is 0.330 e. The molecule has 0 aromatic rings. The van der Waals surface area contributed by atoms with Crippen LogP contribution in [0.3, 0.4) is 0 Å². The highest BCUT2D eigenvalue weighted by atomic mass is 16.5. The molecule has 3 nitrogen and oxygen atoms in total. The lowest BCUT2D eigenvalue weighted by Crippen LogP contribution is -2.18. The lowest BCUT2D eigenvalue weighted by molar-refractivity contribution is -0.137. The summed E-state index contributed by atoms with van der Waals surface area (Å²) in [6.45, 7) is 4.27. The Hall–Kier alpha value is -0.830. The molecule has 0 aliphatic carbocycles. The average Bonchev–Trinajstić information content (AvgIpc) is 2.78. The molecular weight excluding hydrogens is 192 g/mol. The van der Waals surface area contributed by atoms with Gasteiger partial charge in [0.1, 0.15) is 0 Å². The monoisotopic (exact) mass is 210 g/mol. The van der Waals surface area contributed by atoms with E-state index in [1.807, 2.05) is 13.8 Å². The van der Waals surface area contributed by atoms with Gasteiger partial charge in [0, 0.05) is 12.0 Å². The first kappa shape index (κ1) is 10.7. The van der Waals surface area contributed by atoms with Crippen molar-refractivity contribution in [2.75, 3.05) is 6.61 Å². The summed E-state index contributed by atoms with van der Waals surface area (Å²) in [5, 5.41) is 0. The minimum Gasteiger partial charge on any atom is -0.463 e. The Kier molecular flexibility index (Phi) is 3.10. The molecule has 2 saturated heterocycles. The van der Waals surface area contributed by atoms with E-state index in [9.17, 15) is 4.79 Å². The van der Waals surface area contributed by atoms with Gasteiger partial charge in [-0.15, -0.1) is 0 Å². The molecule has 0 spiro atoms. The lowest BCUT2D eigenvalue weighted by atomic mass is 9.84. The summed E-state index contributed by atoms with van der Waals surface area (Å²) in [4.78, 5) is 11.3. The Labute approximate surface area is 90.4 Å². The van der Waals surface area contributed by atoms with Crippen LogP contribution >= 0.6 is 0 Å². The minimum atomic E-state index is -0.224. The molecule has 0 radical (unpaired) electrons. The molecule has 84 valence electrons. The zero-order valence-corrected chi connectivity index (χ0v) is 9.36.